The van der Waals surface area contributed by atoms with Crippen molar-refractivity contribution in [3.8, 4) is 11.6 Å². The number of anilines is 1. The van der Waals surface area contributed by atoms with E-state index in [-0.39, 0.29) is 5.91 Å². The summed E-state index contributed by atoms with van der Waals surface area (Å²) in [5, 5.41) is 8.68. The van der Waals surface area contributed by atoms with Crippen LogP contribution in [0, 0.1) is 0 Å². The highest BCUT2D eigenvalue weighted by molar-refractivity contribution is 5.94. The molecular weight excluding hydrogens is 378 g/mol. The van der Waals surface area contributed by atoms with Gasteiger partial charge in [0.15, 0.2) is 11.6 Å². The monoisotopic (exact) mass is 405 g/mol. The number of unbranched alkanes of at least 4 members (excludes halogenated alkanes) is 1. The standard InChI is InChI=1S/C23H27N5O2/c1-2-3-18-30-20-8-6-19(7-9-20)23(29)28-16-14-27(15-17-28)22-11-10-21(24-25-22)26-12-4-5-13-26/h4-13H,2-3,14-18H2,1H3. The predicted molar refractivity (Wildman–Crippen MR) is 116 cm³/mol. The van der Waals surface area contributed by atoms with Crippen molar-refractivity contribution in [2.75, 3.05) is 37.7 Å². The van der Waals surface area contributed by atoms with Crippen LogP contribution in [0.2, 0.25) is 0 Å². The molecule has 0 spiro atoms. The highest BCUT2D eigenvalue weighted by Crippen LogP contribution is 2.18. The number of benzene rings is 1. The Morgan fingerprint density at radius 1 is 0.933 bits per heavy atom. The summed E-state index contributed by atoms with van der Waals surface area (Å²) in [6.07, 6.45) is 6.02. The zero-order valence-corrected chi connectivity index (χ0v) is 17.3. The van der Waals surface area contributed by atoms with Gasteiger partial charge in [0.05, 0.1) is 6.61 Å². The lowest BCUT2D eigenvalue weighted by atomic mass is 10.1. The molecule has 0 unspecified atom stereocenters. The summed E-state index contributed by atoms with van der Waals surface area (Å²) in [7, 11) is 0. The van der Waals surface area contributed by atoms with Gasteiger partial charge in [0.2, 0.25) is 0 Å². The zero-order chi connectivity index (χ0) is 20.8. The number of carbonyl (C=O) groups is 1. The first kappa shape index (κ1) is 19.9. The average Bonchev–Trinajstić information content (AvgIpc) is 3.35. The minimum absolute atomic E-state index is 0.0591. The molecule has 7 nitrogen and oxygen atoms in total. The van der Waals surface area contributed by atoms with Gasteiger partial charge < -0.3 is 19.1 Å². The summed E-state index contributed by atoms with van der Waals surface area (Å²) in [6, 6.07) is 15.3. The number of ether oxygens (including phenoxy) is 1. The third kappa shape index (κ3) is 4.62. The van der Waals surface area contributed by atoms with Crippen LogP contribution in [-0.4, -0.2) is 58.4 Å². The largest absolute Gasteiger partial charge is 0.494 e. The fraction of sp³-hybridized carbons (Fsp3) is 0.348. The van der Waals surface area contributed by atoms with Crippen LogP contribution in [0.3, 0.4) is 0 Å². The molecule has 156 valence electrons. The molecule has 0 bridgehead atoms. The first-order chi connectivity index (χ1) is 14.7. The van der Waals surface area contributed by atoms with Gasteiger partial charge in [-0.15, -0.1) is 10.2 Å². The van der Waals surface area contributed by atoms with Gasteiger partial charge in [0, 0.05) is 44.1 Å². The summed E-state index contributed by atoms with van der Waals surface area (Å²) in [4.78, 5) is 16.9. The highest BCUT2D eigenvalue weighted by Gasteiger charge is 2.23. The van der Waals surface area contributed by atoms with Gasteiger partial charge in [0.1, 0.15) is 5.75 Å². The molecular formula is C23H27N5O2. The Labute approximate surface area is 176 Å². The first-order valence-electron chi connectivity index (χ1n) is 10.5. The second-order valence-corrected chi connectivity index (χ2v) is 7.35. The third-order valence-corrected chi connectivity index (χ3v) is 5.26. The van der Waals surface area contributed by atoms with Crippen LogP contribution < -0.4 is 9.64 Å². The number of carbonyl (C=O) groups excluding carboxylic acids is 1. The Balaban J connectivity index is 1.31. The molecule has 1 amide bonds. The van der Waals surface area contributed by atoms with Gasteiger partial charge in [-0.3, -0.25) is 4.79 Å². The lowest BCUT2D eigenvalue weighted by molar-refractivity contribution is 0.0746. The Morgan fingerprint density at radius 3 is 2.23 bits per heavy atom. The molecule has 3 aromatic rings. The highest BCUT2D eigenvalue weighted by atomic mass is 16.5. The number of nitrogens with zero attached hydrogens (tertiary/aromatic N) is 5. The topological polar surface area (TPSA) is 63.5 Å². The van der Waals surface area contributed by atoms with Crippen molar-refractivity contribution in [2.45, 2.75) is 19.8 Å². The van der Waals surface area contributed by atoms with Gasteiger partial charge in [-0.2, -0.15) is 0 Å². The van der Waals surface area contributed by atoms with Crippen molar-refractivity contribution in [1.29, 1.82) is 0 Å². The predicted octanol–water partition coefficient (Wildman–Crippen LogP) is 3.41. The summed E-state index contributed by atoms with van der Waals surface area (Å²) < 4.78 is 7.60. The fourth-order valence-corrected chi connectivity index (χ4v) is 3.46. The van der Waals surface area contributed by atoms with E-state index in [0.29, 0.717) is 25.3 Å². The molecule has 1 aliphatic rings. The van der Waals surface area contributed by atoms with E-state index in [1.54, 1.807) is 0 Å². The molecule has 2 aromatic heterocycles. The van der Waals surface area contributed by atoms with E-state index in [0.717, 1.165) is 43.3 Å². The Hall–Kier alpha value is -3.35. The van der Waals surface area contributed by atoms with E-state index in [1.807, 2.05) is 70.4 Å². The fourth-order valence-electron chi connectivity index (χ4n) is 3.46. The summed E-state index contributed by atoms with van der Waals surface area (Å²) in [6.45, 7) is 5.64. The number of hydrogen-bond acceptors (Lipinski definition) is 5. The maximum absolute atomic E-state index is 12.8. The molecule has 0 radical (unpaired) electrons. The van der Waals surface area contributed by atoms with Gasteiger partial charge in [-0.05, 0) is 55.0 Å². The maximum atomic E-state index is 12.8. The van der Waals surface area contributed by atoms with Crippen LogP contribution in [0.15, 0.2) is 60.9 Å². The lowest BCUT2D eigenvalue weighted by Crippen LogP contribution is -2.49. The van der Waals surface area contributed by atoms with E-state index in [2.05, 4.69) is 22.0 Å². The molecule has 7 heteroatoms. The minimum atomic E-state index is 0.0591. The summed E-state index contributed by atoms with van der Waals surface area (Å²) in [5.74, 6) is 2.50. The van der Waals surface area contributed by atoms with Crippen LogP contribution in [0.5, 0.6) is 5.75 Å². The second-order valence-electron chi connectivity index (χ2n) is 7.35. The van der Waals surface area contributed by atoms with Gasteiger partial charge in [0.25, 0.3) is 5.91 Å². The Bertz CT molecular complexity index is 931. The van der Waals surface area contributed by atoms with E-state index in [4.69, 9.17) is 4.74 Å². The number of rotatable bonds is 7. The van der Waals surface area contributed by atoms with Crippen molar-refractivity contribution in [1.82, 2.24) is 19.7 Å². The number of hydrogen-bond donors (Lipinski definition) is 0. The van der Waals surface area contributed by atoms with Crippen LogP contribution in [-0.2, 0) is 0 Å². The van der Waals surface area contributed by atoms with Crippen LogP contribution in [0.25, 0.3) is 5.82 Å². The van der Waals surface area contributed by atoms with E-state index in [1.165, 1.54) is 0 Å². The first-order valence-corrected chi connectivity index (χ1v) is 10.5. The minimum Gasteiger partial charge on any atom is -0.494 e. The Kier molecular flexibility index (Phi) is 6.27. The molecule has 0 saturated carbocycles. The molecule has 3 heterocycles. The molecule has 1 aromatic carbocycles. The smallest absolute Gasteiger partial charge is 0.253 e. The van der Waals surface area contributed by atoms with Crippen molar-refractivity contribution >= 4 is 11.7 Å². The van der Waals surface area contributed by atoms with E-state index in [9.17, 15) is 4.79 Å². The number of aromatic nitrogens is 3. The molecule has 30 heavy (non-hydrogen) atoms. The summed E-state index contributed by atoms with van der Waals surface area (Å²) >= 11 is 0. The molecule has 0 atom stereocenters. The van der Waals surface area contributed by atoms with Gasteiger partial charge in [-0.1, -0.05) is 13.3 Å². The van der Waals surface area contributed by atoms with Crippen LogP contribution >= 0.6 is 0 Å². The van der Waals surface area contributed by atoms with Crippen LogP contribution in [0.1, 0.15) is 30.1 Å². The molecule has 1 aliphatic heterocycles. The molecule has 1 fully saturated rings. The zero-order valence-electron chi connectivity index (χ0n) is 17.3. The van der Waals surface area contributed by atoms with Crippen LogP contribution in [0.4, 0.5) is 5.82 Å². The maximum Gasteiger partial charge on any atom is 0.253 e. The Morgan fingerprint density at radius 2 is 1.60 bits per heavy atom. The summed E-state index contributed by atoms with van der Waals surface area (Å²) in [5.41, 5.74) is 0.696. The third-order valence-electron chi connectivity index (χ3n) is 5.26. The SMILES string of the molecule is CCCCOc1ccc(C(=O)N2CCN(c3ccc(-n4cccc4)nn3)CC2)cc1. The lowest BCUT2D eigenvalue weighted by Gasteiger charge is -2.35. The normalized spacial score (nSPS) is 14.0. The second kappa shape index (κ2) is 9.43. The van der Waals surface area contributed by atoms with E-state index >= 15 is 0 Å². The molecule has 4 rings (SSSR count). The average molecular weight is 406 g/mol. The number of piperazine rings is 1. The van der Waals surface area contributed by atoms with Crippen molar-refractivity contribution in [3.05, 3.63) is 66.5 Å². The van der Waals surface area contributed by atoms with Gasteiger partial charge >= 0.3 is 0 Å². The van der Waals surface area contributed by atoms with Gasteiger partial charge in [-0.25, -0.2) is 0 Å². The molecule has 0 aliphatic carbocycles. The van der Waals surface area contributed by atoms with Crippen molar-refractivity contribution in [3.63, 3.8) is 0 Å². The molecule has 1 saturated heterocycles. The molecule has 0 N–H and O–H groups in total. The number of amides is 1. The van der Waals surface area contributed by atoms with Crippen molar-refractivity contribution in [2.24, 2.45) is 0 Å². The van der Waals surface area contributed by atoms with E-state index < -0.39 is 0 Å². The quantitative estimate of drug-likeness (QED) is 0.564. The van der Waals surface area contributed by atoms with Crippen molar-refractivity contribution < 1.29 is 9.53 Å².